The molecule has 1 aromatic carbocycles. The first-order chi connectivity index (χ1) is 7.31. The smallest absolute Gasteiger partial charge is 0.115 e. The van der Waals surface area contributed by atoms with Crippen molar-refractivity contribution >= 4 is 0 Å². The Bertz CT molecular complexity index is 310. The molecule has 3 nitrogen and oxygen atoms in total. The molecule has 3 heteroatoms. The average molecular weight is 206 g/mol. The minimum Gasteiger partial charge on any atom is -0.508 e. The van der Waals surface area contributed by atoms with Crippen LogP contribution in [0.1, 0.15) is 24.3 Å². The van der Waals surface area contributed by atoms with E-state index in [1.165, 1.54) is 5.56 Å². The first-order valence-electron chi connectivity index (χ1n) is 5.53. The largest absolute Gasteiger partial charge is 0.508 e. The predicted octanol–water partition coefficient (Wildman–Crippen LogP) is 1.19. The first-order valence-corrected chi connectivity index (χ1v) is 5.53. The number of benzene rings is 1. The molecule has 0 amide bonds. The maximum absolute atomic E-state index is 9.23. The lowest BCUT2D eigenvalue weighted by Gasteiger charge is -2.19. The molecule has 1 aliphatic rings. The maximum Gasteiger partial charge on any atom is 0.115 e. The van der Waals surface area contributed by atoms with E-state index in [-0.39, 0.29) is 0 Å². The van der Waals surface area contributed by atoms with Gasteiger partial charge in [0.15, 0.2) is 0 Å². The first kappa shape index (κ1) is 10.5. The second-order valence-corrected chi connectivity index (χ2v) is 4.12. The van der Waals surface area contributed by atoms with Crippen molar-refractivity contribution in [1.29, 1.82) is 0 Å². The highest BCUT2D eigenvalue weighted by molar-refractivity contribution is 5.30. The zero-order valence-electron chi connectivity index (χ0n) is 8.82. The normalized spacial score (nSPS) is 25.7. The van der Waals surface area contributed by atoms with Crippen molar-refractivity contribution in [3.63, 3.8) is 0 Å². The van der Waals surface area contributed by atoms with E-state index in [9.17, 15) is 5.11 Å². The van der Waals surface area contributed by atoms with Gasteiger partial charge in [-0.05, 0) is 43.6 Å². The summed E-state index contributed by atoms with van der Waals surface area (Å²) in [5, 5.41) is 12.7. The van der Waals surface area contributed by atoms with Crippen molar-refractivity contribution in [2.75, 3.05) is 13.1 Å². The van der Waals surface area contributed by atoms with Crippen LogP contribution in [0.5, 0.6) is 5.75 Å². The fraction of sp³-hybridized carbons (Fsp3) is 0.500. The number of phenolic OH excluding ortho intramolecular Hbond substituents is 1. The summed E-state index contributed by atoms with van der Waals surface area (Å²) in [6.07, 6.45) is 2.18. The summed E-state index contributed by atoms with van der Waals surface area (Å²) in [4.78, 5) is 0. The molecule has 1 heterocycles. The van der Waals surface area contributed by atoms with E-state index in [2.05, 4.69) is 5.32 Å². The Balaban J connectivity index is 2.11. The fourth-order valence-electron chi connectivity index (χ4n) is 2.37. The van der Waals surface area contributed by atoms with E-state index in [4.69, 9.17) is 5.73 Å². The molecule has 0 bridgehead atoms. The molecule has 2 rings (SSSR count). The van der Waals surface area contributed by atoms with Gasteiger partial charge in [-0.25, -0.2) is 0 Å². The van der Waals surface area contributed by atoms with Crippen molar-refractivity contribution in [1.82, 2.24) is 5.32 Å². The van der Waals surface area contributed by atoms with E-state index in [1.54, 1.807) is 12.1 Å². The highest BCUT2D eigenvalue weighted by atomic mass is 16.3. The van der Waals surface area contributed by atoms with Crippen molar-refractivity contribution in [2.45, 2.75) is 24.8 Å². The van der Waals surface area contributed by atoms with Gasteiger partial charge >= 0.3 is 0 Å². The summed E-state index contributed by atoms with van der Waals surface area (Å²) in [5.41, 5.74) is 6.89. The molecule has 2 unspecified atom stereocenters. The van der Waals surface area contributed by atoms with Crippen LogP contribution in [-0.4, -0.2) is 24.2 Å². The SMILES string of the molecule is NCCC1NCCC1c1ccc(O)cc1. The number of rotatable bonds is 3. The molecular formula is C12H18N2O. The van der Waals surface area contributed by atoms with Crippen LogP contribution in [0.3, 0.4) is 0 Å². The van der Waals surface area contributed by atoms with Crippen LogP contribution in [0.15, 0.2) is 24.3 Å². The van der Waals surface area contributed by atoms with Gasteiger partial charge in [0.05, 0.1) is 0 Å². The highest BCUT2D eigenvalue weighted by Gasteiger charge is 2.27. The lowest BCUT2D eigenvalue weighted by atomic mass is 9.90. The Morgan fingerprint density at radius 1 is 1.33 bits per heavy atom. The van der Waals surface area contributed by atoms with Crippen LogP contribution in [0.4, 0.5) is 0 Å². The summed E-state index contributed by atoms with van der Waals surface area (Å²) in [6.45, 7) is 1.79. The highest BCUT2D eigenvalue weighted by Crippen LogP contribution is 2.29. The van der Waals surface area contributed by atoms with Gasteiger partial charge in [0.1, 0.15) is 5.75 Å². The summed E-state index contributed by atoms with van der Waals surface area (Å²) in [5.74, 6) is 0.884. The third-order valence-electron chi connectivity index (χ3n) is 3.15. The Hall–Kier alpha value is -1.06. The molecule has 0 aliphatic carbocycles. The van der Waals surface area contributed by atoms with E-state index in [0.29, 0.717) is 17.7 Å². The quantitative estimate of drug-likeness (QED) is 0.696. The van der Waals surface area contributed by atoms with E-state index < -0.39 is 0 Å². The number of aromatic hydroxyl groups is 1. The zero-order chi connectivity index (χ0) is 10.7. The lowest BCUT2D eigenvalue weighted by Crippen LogP contribution is -2.28. The predicted molar refractivity (Wildman–Crippen MR) is 60.9 cm³/mol. The lowest BCUT2D eigenvalue weighted by molar-refractivity contribution is 0.473. The number of hydrogen-bond acceptors (Lipinski definition) is 3. The van der Waals surface area contributed by atoms with Crippen LogP contribution in [0.2, 0.25) is 0 Å². The number of phenols is 1. The summed E-state index contributed by atoms with van der Waals surface area (Å²) < 4.78 is 0. The second-order valence-electron chi connectivity index (χ2n) is 4.12. The van der Waals surface area contributed by atoms with Gasteiger partial charge in [0, 0.05) is 12.0 Å². The van der Waals surface area contributed by atoms with Gasteiger partial charge in [0.25, 0.3) is 0 Å². The zero-order valence-corrected chi connectivity index (χ0v) is 8.82. The number of nitrogens with one attached hydrogen (secondary N) is 1. The van der Waals surface area contributed by atoms with Crippen molar-refractivity contribution in [2.24, 2.45) is 5.73 Å². The van der Waals surface area contributed by atoms with E-state index >= 15 is 0 Å². The fourth-order valence-corrected chi connectivity index (χ4v) is 2.37. The van der Waals surface area contributed by atoms with Gasteiger partial charge in [-0.15, -0.1) is 0 Å². The third kappa shape index (κ3) is 2.30. The molecule has 0 saturated carbocycles. The molecule has 0 spiro atoms. The average Bonchev–Trinajstić information content (AvgIpc) is 2.68. The Morgan fingerprint density at radius 2 is 2.07 bits per heavy atom. The molecule has 1 aromatic rings. The van der Waals surface area contributed by atoms with Crippen LogP contribution < -0.4 is 11.1 Å². The van der Waals surface area contributed by atoms with E-state index in [1.807, 2.05) is 12.1 Å². The molecular weight excluding hydrogens is 188 g/mol. The summed E-state index contributed by atoms with van der Waals surface area (Å²) in [6, 6.07) is 8.03. The van der Waals surface area contributed by atoms with Gasteiger partial charge < -0.3 is 16.2 Å². The van der Waals surface area contributed by atoms with Crippen molar-refractivity contribution < 1.29 is 5.11 Å². The van der Waals surface area contributed by atoms with Gasteiger partial charge in [-0.2, -0.15) is 0 Å². The topological polar surface area (TPSA) is 58.3 Å². The van der Waals surface area contributed by atoms with Crippen LogP contribution in [0, 0.1) is 0 Å². The molecule has 1 fully saturated rings. The monoisotopic (exact) mass is 206 g/mol. The molecule has 2 atom stereocenters. The third-order valence-corrected chi connectivity index (χ3v) is 3.15. The van der Waals surface area contributed by atoms with Crippen LogP contribution in [-0.2, 0) is 0 Å². The van der Waals surface area contributed by atoms with Crippen LogP contribution in [0.25, 0.3) is 0 Å². The summed E-state index contributed by atoms with van der Waals surface area (Å²) in [7, 11) is 0. The standard InChI is InChI=1S/C12H18N2O/c13-7-5-12-11(6-8-14-12)9-1-3-10(15)4-2-9/h1-4,11-12,14-15H,5-8,13H2. The maximum atomic E-state index is 9.23. The Labute approximate surface area is 90.3 Å². The Kier molecular flexibility index (Phi) is 3.23. The second kappa shape index (κ2) is 4.64. The molecule has 4 N–H and O–H groups in total. The molecule has 1 saturated heterocycles. The minimum absolute atomic E-state index is 0.333. The van der Waals surface area contributed by atoms with Crippen LogP contribution >= 0.6 is 0 Å². The van der Waals surface area contributed by atoms with Crippen molar-refractivity contribution in [3.8, 4) is 5.75 Å². The molecule has 82 valence electrons. The van der Waals surface area contributed by atoms with E-state index in [0.717, 1.165) is 25.9 Å². The van der Waals surface area contributed by atoms with Gasteiger partial charge in [0.2, 0.25) is 0 Å². The number of hydrogen-bond donors (Lipinski definition) is 3. The van der Waals surface area contributed by atoms with Crippen molar-refractivity contribution in [3.05, 3.63) is 29.8 Å². The van der Waals surface area contributed by atoms with Gasteiger partial charge in [-0.3, -0.25) is 0 Å². The summed E-state index contributed by atoms with van der Waals surface area (Å²) >= 11 is 0. The molecule has 0 aromatic heterocycles. The molecule has 0 radical (unpaired) electrons. The molecule has 15 heavy (non-hydrogen) atoms. The number of nitrogens with two attached hydrogens (primary N) is 1. The minimum atomic E-state index is 0.333. The Morgan fingerprint density at radius 3 is 2.73 bits per heavy atom. The molecule has 1 aliphatic heterocycles. The van der Waals surface area contributed by atoms with Gasteiger partial charge in [-0.1, -0.05) is 12.1 Å².